The molecule has 0 spiro atoms. The number of hydrogen-bond donors (Lipinski definition) is 1. The third-order valence-corrected chi connectivity index (χ3v) is 5.42. The summed E-state index contributed by atoms with van der Waals surface area (Å²) in [6.45, 7) is 4.94. The summed E-state index contributed by atoms with van der Waals surface area (Å²) in [6.07, 6.45) is 6.16. The highest BCUT2D eigenvalue weighted by Gasteiger charge is 2.23. The molecule has 0 bridgehead atoms. The van der Waals surface area contributed by atoms with E-state index in [9.17, 15) is 9.90 Å². The van der Waals surface area contributed by atoms with Crippen molar-refractivity contribution in [3.63, 3.8) is 0 Å². The number of β-amino-alcohol motifs (C(OH)–C–C–N with tert-alkyl or cyclic N) is 1. The van der Waals surface area contributed by atoms with E-state index >= 15 is 0 Å². The number of likely N-dealkylation sites (N-methyl/N-ethyl adjacent to an activating group) is 2. The fraction of sp³-hybridized carbons (Fsp3) is 0.778. The summed E-state index contributed by atoms with van der Waals surface area (Å²) in [4.78, 5) is 18.7. The Morgan fingerprint density at radius 2 is 2.00 bits per heavy atom. The van der Waals surface area contributed by atoms with Crippen LogP contribution >= 0.6 is 0 Å². The second-order valence-electron chi connectivity index (χ2n) is 7.56. The van der Waals surface area contributed by atoms with Crippen molar-refractivity contribution in [3.05, 3.63) is 18.0 Å². The minimum Gasteiger partial charge on any atom is -0.390 e. The van der Waals surface area contributed by atoms with Gasteiger partial charge in [-0.3, -0.25) is 14.4 Å². The molecule has 3 rings (SSSR count). The average Bonchev–Trinajstić information content (AvgIpc) is 3.27. The molecule has 140 valence electrons. The summed E-state index contributed by atoms with van der Waals surface area (Å²) in [7, 11) is 3.86. The smallest absolute Gasteiger partial charge is 0.274 e. The normalized spacial score (nSPS) is 21.6. The van der Waals surface area contributed by atoms with Crippen LogP contribution in [0.15, 0.2) is 12.3 Å². The summed E-state index contributed by atoms with van der Waals surface area (Å²) < 4.78 is 1.94. The average molecular weight is 349 g/mol. The van der Waals surface area contributed by atoms with Gasteiger partial charge in [0, 0.05) is 52.5 Å². The van der Waals surface area contributed by atoms with Crippen LogP contribution in [-0.2, 0) is 0 Å². The summed E-state index contributed by atoms with van der Waals surface area (Å²) >= 11 is 0. The van der Waals surface area contributed by atoms with Gasteiger partial charge in [0.2, 0.25) is 0 Å². The van der Waals surface area contributed by atoms with Crippen molar-refractivity contribution in [2.75, 3.05) is 53.4 Å². The lowest BCUT2D eigenvalue weighted by molar-refractivity contribution is 0.0498. The number of carbonyl (C=O) groups is 1. The SMILES string of the molecule is CN1CCN(CC(O)CN(C)C(=O)c2ccn(C3CCCC3)n2)CC1. The Labute approximate surface area is 150 Å². The second-order valence-corrected chi connectivity index (χ2v) is 7.56. The Hall–Kier alpha value is -1.44. The van der Waals surface area contributed by atoms with Crippen molar-refractivity contribution in [1.82, 2.24) is 24.5 Å². The number of hydrogen-bond acceptors (Lipinski definition) is 5. The van der Waals surface area contributed by atoms with E-state index in [1.807, 2.05) is 10.9 Å². The van der Waals surface area contributed by atoms with Gasteiger partial charge in [0.1, 0.15) is 5.69 Å². The van der Waals surface area contributed by atoms with E-state index < -0.39 is 6.10 Å². The number of nitrogens with zero attached hydrogens (tertiary/aromatic N) is 5. The lowest BCUT2D eigenvalue weighted by atomic mass is 10.2. The molecule has 1 aliphatic carbocycles. The molecule has 0 aromatic carbocycles. The first-order valence-electron chi connectivity index (χ1n) is 9.42. The highest BCUT2D eigenvalue weighted by atomic mass is 16.3. The molecule has 25 heavy (non-hydrogen) atoms. The fourth-order valence-electron chi connectivity index (χ4n) is 3.81. The number of piperazine rings is 1. The number of aliphatic hydroxyl groups excluding tert-OH is 1. The molecule has 1 aromatic heterocycles. The highest BCUT2D eigenvalue weighted by molar-refractivity contribution is 5.92. The number of rotatable bonds is 6. The minimum atomic E-state index is -0.533. The molecule has 2 aliphatic rings. The van der Waals surface area contributed by atoms with Crippen LogP contribution in [-0.4, -0.2) is 95.0 Å². The van der Waals surface area contributed by atoms with Crippen molar-refractivity contribution >= 4 is 5.91 Å². The van der Waals surface area contributed by atoms with Crippen LogP contribution in [0.4, 0.5) is 0 Å². The minimum absolute atomic E-state index is 0.117. The van der Waals surface area contributed by atoms with Crippen LogP contribution < -0.4 is 0 Å². The summed E-state index contributed by atoms with van der Waals surface area (Å²) in [5, 5.41) is 14.8. The molecule has 7 heteroatoms. The maximum absolute atomic E-state index is 12.6. The zero-order chi connectivity index (χ0) is 17.8. The Morgan fingerprint density at radius 1 is 1.32 bits per heavy atom. The van der Waals surface area contributed by atoms with Gasteiger partial charge in [0.15, 0.2) is 0 Å². The third-order valence-electron chi connectivity index (χ3n) is 5.42. The molecule has 1 N–H and O–H groups in total. The summed E-state index contributed by atoms with van der Waals surface area (Å²) in [5.41, 5.74) is 0.473. The zero-order valence-electron chi connectivity index (χ0n) is 15.5. The van der Waals surface area contributed by atoms with Gasteiger partial charge in [-0.1, -0.05) is 12.8 Å². The van der Waals surface area contributed by atoms with Crippen LogP contribution in [0.3, 0.4) is 0 Å². The van der Waals surface area contributed by atoms with Gasteiger partial charge in [0.25, 0.3) is 5.91 Å². The van der Waals surface area contributed by atoms with E-state index in [1.54, 1.807) is 18.0 Å². The zero-order valence-corrected chi connectivity index (χ0v) is 15.5. The number of amides is 1. The van der Waals surface area contributed by atoms with Crippen LogP contribution in [0.1, 0.15) is 42.2 Å². The second kappa shape index (κ2) is 8.29. The van der Waals surface area contributed by atoms with Crippen molar-refractivity contribution in [3.8, 4) is 0 Å². The first-order valence-corrected chi connectivity index (χ1v) is 9.42. The molecule has 1 aliphatic heterocycles. The number of carbonyl (C=O) groups excluding carboxylic acids is 1. The Bertz CT molecular complexity index is 562. The van der Waals surface area contributed by atoms with E-state index in [4.69, 9.17) is 0 Å². The monoisotopic (exact) mass is 349 g/mol. The highest BCUT2D eigenvalue weighted by Crippen LogP contribution is 2.28. The predicted molar refractivity (Wildman–Crippen MR) is 96.6 cm³/mol. The lowest BCUT2D eigenvalue weighted by Crippen LogP contribution is -2.49. The largest absolute Gasteiger partial charge is 0.390 e. The van der Waals surface area contributed by atoms with Crippen LogP contribution in [0.2, 0.25) is 0 Å². The molecule has 7 nitrogen and oxygen atoms in total. The Balaban J connectivity index is 1.48. The van der Waals surface area contributed by atoms with Gasteiger partial charge >= 0.3 is 0 Å². The fourth-order valence-corrected chi connectivity index (χ4v) is 3.81. The molecule has 2 heterocycles. The van der Waals surface area contributed by atoms with Crippen molar-refractivity contribution in [2.45, 2.75) is 37.8 Å². The van der Waals surface area contributed by atoms with Gasteiger partial charge in [0.05, 0.1) is 12.1 Å². The number of aliphatic hydroxyl groups is 1. The van der Waals surface area contributed by atoms with E-state index in [-0.39, 0.29) is 5.91 Å². The van der Waals surface area contributed by atoms with Gasteiger partial charge in [-0.2, -0.15) is 5.10 Å². The summed E-state index contributed by atoms with van der Waals surface area (Å²) in [5.74, 6) is -0.117. The van der Waals surface area contributed by atoms with Crippen molar-refractivity contribution in [1.29, 1.82) is 0 Å². The molecule has 0 radical (unpaired) electrons. The maximum atomic E-state index is 12.6. The number of aromatic nitrogens is 2. The quantitative estimate of drug-likeness (QED) is 0.818. The van der Waals surface area contributed by atoms with E-state index in [1.165, 1.54) is 12.8 Å². The lowest BCUT2D eigenvalue weighted by Gasteiger charge is -2.34. The molecule has 2 fully saturated rings. The summed E-state index contributed by atoms with van der Waals surface area (Å²) in [6, 6.07) is 2.24. The first kappa shape index (κ1) is 18.4. The van der Waals surface area contributed by atoms with E-state index in [0.29, 0.717) is 24.8 Å². The third kappa shape index (κ3) is 4.80. The molecule has 1 saturated heterocycles. The Kier molecular flexibility index (Phi) is 6.09. The molecule has 1 saturated carbocycles. The van der Waals surface area contributed by atoms with Crippen LogP contribution in [0.5, 0.6) is 0 Å². The first-order chi connectivity index (χ1) is 12.0. The van der Waals surface area contributed by atoms with Gasteiger partial charge in [-0.15, -0.1) is 0 Å². The molecule has 1 atom stereocenters. The van der Waals surface area contributed by atoms with Crippen LogP contribution in [0.25, 0.3) is 0 Å². The molecule has 1 amide bonds. The standard InChI is InChI=1S/C18H31N5O2/c1-20-9-11-22(12-10-20)14-16(24)13-21(2)18(25)17-7-8-23(19-17)15-5-3-4-6-15/h7-8,15-16,24H,3-6,9-14H2,1-2H3. The molecule has 1 aromatic rings. The van der Waals surface area contributed by atoms with Gasteiger partial charge in [-0.05, 0) is 26.0 Å². The van der Waals surface area contributed by atoms with Crippen molar-refractivity contribution < 1.29 is 9.90 Å². The maximum Gasteiger partial charge on any atom is 0.274 e. The Morgan fingerprint density at radius 3 is 2.68 bits per heavy atom. The van der Waals surface area contributed by atoms with E-state index in [0.717, 1.165) is 39.0 Å². The molecule has 1 unspecified atom stereocenters. The van der Waals surface area contributed by atoms with Gasteiger partial charge < -0.3 is 14.9 Å². The molecular weight excluding hydrogens is 318 g/mol. The van der Waals surface area contributed by atoms with Gasteiger partial charge in [-0.25, -0.2) is 0 Å². The topological polar surface area (TPSA) is 64.8 Å². The molecular formula is C18H31N5O2. The predicted octanol–water partition coefficient (Wildman–Crippen LogP) is 0.679. The van der Waals surface area contributed by atoms with Crippen molar-refractivity contribution in [2.24, 2.45) is 0 Å². The van der Waals surface area contributed by atoms with E-state index in [2.05, 4.69) is 21.9 Å². The van der Waals surface area contributed by atoms with Crippen LogP contribution in [0, 0.1) is 0 Å².